The van der Waals surface area contributed by atoms with E-state index in [2.05, 4.69) is 37.4 Å². The topological polar surface area (TPSA) is 47.6 Å². The molecule has 1 aliphatic rings. The SMILES string of the molecule is Cc1ccc(C)c(OCCCC(C)(C)C(=O)OCC2CCCNC2)c1. The minimum Gasteiger partial charge on any atom is -0.493 e. The molecule has 1 atom stereocenters. The summed E-state index contributed by atoms with van der Waals surface area (Å²) in [5, 5.41) is 3.36. The first-order chi connectivity index (χ1) is 11.9. The lowest BCUT2D eigenvalue weighted by Gasteiger charge is -2.26. The fourth-order valence-electron chi connectivity index (χ4n) is 3.12. The molecule has 1 heterocycles. The van der Waals surface area contributed by atoms with Crippen LogP contribution in [0.2, 0.25) is 0 Å². The van der Waals surface area contributed by atoms with E-state index < -0.39 is 5.41 Å². The number of piperidine rings is 1. The molecular weight excluding hydrogens is 314 g/mol. The van der Waals surface area contributed by atoms with E-state index in [0.717, 1.165) is 43.7 Å². The van der Waals surface area contributed by atoms with Crippen molar-refractivity contribution in [2.24, 2.45) is 11.3 Å². The highest BCUT2D eigenvalue weighted by molar-refractivity contribution is 5.75. The number of aryl methyl sites for hydroxylation is 2. The first kappa shape index (κ1) is 19.8. The molecule has 1 aliphatic heterocycles. The quantitative estimate of drug-likeness (QED) is 0.570. The van der Waals surface area contributed by atoms with Crippen molar-refractivity contribution >= 4 is 5.97 Å². The largest absolute Gasteiger partial charge is 0.493 e. The molecule has 0 bridgehead atoms. The molecular formula is C21H33NO3. The van der Waals surface area contributed by atoms with Crippen molar-refractivity contribution < 1.29 is 14.3 Å². The third-order valence-corrected chi connectivity index (χ3v) is 4.95. The highest BCUT2D eigenvalue weighted by Gasteiger charge is 2.29. The molecule has 2 rings (SSSR count). The van der Waals surface area contributed by atoms with Crippen molar-refractivity contribution in [3.63, 3.8) is 0 Å². The number of nitrogens with one attached hydrogen (secondary N) is 1. The van der Waals surface area contributed by atoms with E-state index in [0.29, 0.717) is 19.1 Å². The van der Waals surface area contributed by atoms with Gasteiger partial charge in [-0.2, -0.15) is 0 Å². The molecule has 140 valence electrons. The predicted molar refractivity (Wildman–Crippen MR) is 101 cm³/mol. The van der Waals surface area contributed by atoms with Crippen LogP contribution in [-0.4, -0.2) is 32.3 Å². The monoisotopic (exact) mass is 347 g/mol. The molecule has 1 aromatic rings. The van der Waals surface area contributed by atoms with Crippen molar-refractivity contribution in [2.45, 2.75) is 53.4 Å². The second kappa shape index (κ2) is 9.23. The fourth-order valence-corrected chi connectivity index (χ4v) is 3.12. The average molecular weight is 347 g/mol. The van der Waals surface area contributed by atoms with E-state index >= 15 is 0 Å². The maximum atomic E-state index is 12.4. The normalized spacial score (nSPS) is 18.0. The molecule has 0 amide bonds. The fraction of sp³-hybridized carbons (Fsp3) is 0.667. The van der Waals surface area contributed by atoms with Gasteiger partial charge in [-0.05, 0) is 77.1 Å². The minimum atomic E-state index is -0.465. The lowest BCUT2D eigenvalue weighted by molar-refractivity contribution is -0.156. The van der Waals surface area contributed by atoms with Crippen LogP contribution in [0.3, 0.4) is 0 Å². The Morgan fingerprint density at radius 2 is 2.12 bits per heavy atom. The van der Waals surface area contributed by atoms with Gasteiger partial charge in [0, 0.05) is 12.5 Å². The Labute approximate surface area is 152 Å². The van der Waals surface area contributed by atoms with E-state index in [1.807, 2.05) is 13.8 Å². The third kappa shape index (κ3) is 6.35. The molecule has 0 spiro atoms. The summed E-state index contributed by atoms with van der Waals surface area (Å²) in [5.74, 6) is 1.30. The number of benzene rings is 1. The lowest BCUT2D eigenvalue weighted by Crippen LogP contribution is -2.35. The van der Waals surface area contributed by atoms with Gasteiger partial charge in [0.25, 0.3) is 0 Å². The van der Waals surface area contributed by atoms with Gasteiger partial charge in [-0.15, -0.1) is 0 Å². The van der Waals surface area contributed by atoms with Gasteiger partial charge in [0.05, 0.1) is 18.6 Å². The summed E-state index contributed by atoms with van der Waals surface area (Å²) < 4.78 is 11.5. The van der Waals surface area contributed by atoms with Crippen LogP contribution in [0.1, 0.15) is 50.7 Å². The van der Waals surface area contributed by atoms with E-state index in [-0.39, 0.29) is 5.97 Å². The molecule has 1 unspecified atom stereocenters. The van der Waals surface area contributed by atoms with Crippen LogP contribution in [0.25, 0.3) is 0 Å². The van der Waals surface area contributed by atoms with Gasteiger partial charge < -0.3 is 14.8 Å². The van der Waals surface area contributed by atoms with Crippen molar-refractivity contribution in [1.29, 1.82) is 0 Å². The van der Waals surface area contributed by atoms with Gasteiger partial charge in [0.2, 0.25) is 0 Å². The van der Waals surface area contributed by atoms with E-state index in [1.165, 1.54) is 12.0 Å². The molecule has 1 aromatic carbocycles. The Balaban J connectivity index is 1.70. The number of ether oxygens (including phenoxy) is 2. The Morgan fingerprint density at radius 1 is 1.32 bits per heavy atom. The Morgan fingerprint density at radius 3 is 2.84 bits per heavy atom. The van der Waals surface area contributed by atoms with Gasteiger partial charge in [0.15, 0.2) is 0 Å². The van der Waals surface area contributed by atoms with Crippen LogP contribution in [0.4, 0.5) is 0 Å². The Bertz CT molecular complexity index is 562. The summed E-state index contributed by atoms with van der Waals surface area (Å²) in [6, 6.07) is 6.22. The molecule has 4 heteroatoms. The second-order valence-electron chi connectivity index (χ2n) is 7.92. The summed E-state index contributed by atoms with van der Waals surface area (Å²) in [6.45, 7) is 11.2. The van der Waals surface area contributed by atoms with Crippen molar-refractivity contribution in [3.05, 3.63) is 29.3 Å². The van der Waals surface area contributed by atoms with Crippen molar-refractivity contribution in [2.75, 3.05) is 26.3 Å². The number of esters is 1. The third-order valence-electron chi connectivity index (χ3n) is 4.95. The zero-order valence-electron chi connectivity index (χ0n) is 16.2. The lowest BCUT2D eigenvalue weighted by atomic mass is 9.88. The number of carbonyl (C=O) groups excluding carboxylic acids is 1. The molecule has 0 radical (unpaired) electrons. The maximum absolute atomic E-state index is 12.4. The zero-order chi connectivity index (χ0) is 18.3. The number of carbonyl (C=O) groups is 1. The van der Waals surface area contributed by atoms with Crippen LogP contribution in [0.5, 0.6) is 5.75 Å². The molecule has 0 aliphatic carbocycles. The Hall–Kier alpha value is -1.55. The van der Waals surface area contributed by atoms with Gasteiger partial charge in [-0.25, -0.2) is 0 Å². The molecule has 0 aromatic heterocycles. The number of rotatable bonds is 8. The summed E-state index contributed by atoms with van der Waals surface area (Å²) in [5.41, 5.74) is 1.87. The summed E-state index contributed by atoms with van der Waals surface area (Å²) in [6.07, 6.45) is 3.91. The first-order valence-electron chi connectivity index (χ1n) is 9.46. The molecule has 1 fully saturated rings. The molecule has 0 saturated carbocycles. The number of hydrogen-bond donors (Lipinski definition) is 1. The smallest absolute Gasteiger partial charge is 0.311 e. The van der Waals surface area contributed by atoms with Gasteiger partial charge >= 0.3 is 5.97 Å². The van der Waals surface area contributed by atoms with E-state index in [4.69, 9.17) is 9.47 Å². The molecule has 1 saturated heterocycles. The van der Waals surface area contributed by atoms with Crippen LogP contribution in [-0.2, 0) is 9.53 Å². The molecule has 1 N–H and O–H groups in total. The van der Waals surface area contributed by atoms with Crippen LogP contribution in [0.15, 0.2) is 18.2 Å². The summed E-state index contributed by atoms with van der Waals surface area (Å²) in [7, 11) is 0. The van der Waals surface area contributed by atoms with E-state index in [1.54, 1.807) is 0 Å². The maximum Gasteiger partial charge on any atom is 0.311 e. The average Bonchev–Trinajstić information content (AvgIpc) is 2.60. The first-order valence-corrected chi connectivity index (χ1v) is 9.46. The van der Waals surface area contributed by atoms with Crippen LogP contribution < -0.4 is 10.1 Å². The minimum absolute atomic E-state index is 0.0928. The summed E-state index contributed by atoms with van der Waals surface area (Å²) >= 11 is 0. The van der Waals surface area contributed by atoms with Gasteiger partial charge in [-0.3, -0.25) is 4.79 Å². The predicted octanol–water partition coefficient (Wildman–Crippen LogP) is 4.03. The van der Waals surface area contributed by atoms with Gasteiger partial charge in [0.1, 0.15) is 5.75 Å². The van der Waals surface area contributed by atoms with Crippen molar-refractivity contribution in [3.8, 4) is 5.75 Å². The standard InChI is InChI=1S/C21H33NO3/c1-16-8-9-17(2)19(13-16)24-12-6-10-21(3,4)20(23)25-15-18-7-5-11-22-14-18/h8-9,13,18,22H,5-7,10-12,14-15H2,1-4H3. The second-order valence-corrected chi connectivity index (χ2v) is 7.92. The highest BCUT2D eigenvalue weighted by atomic mass is 16.5. The molecule has 4 nitrogen and oxygen atoms in total. The Kier molecular flexibility index (Phi) is 7.30. The summed E-state index contributed by atoms with van der Waals surface area (Å²) in [4.78, 5) is 12.4. The van der Waals surface area contributed by atoms with Gasteiger partial charge in [-0.1, -0.05) is 12.1 Å². The molecule has 25 heavy (non-hydrogen) atoms. The van der Waals surface area contributed by atoms with E-state index in [9.17, 15) is 4.79 Å². The highest BCUT2D eigenvalue weighted by Crippen LogP contribution is 2.26. The number of hydrogen-bond acceptors (Lipinski definition) is 4. The van der Waals surface area contributed by atoms with Crippen LogP contribution >= 0.6 is 0 Å². The van der Waals surface area contributed by atoms with Crippen LogP contribution in [0, 0.1) is 25.2 Å². The van der Waals surface area contributed by atoms with Crippen molar-refractivity contribution in [1.82, 2.24) is 5.32 Å². The zero-order valence-corrected chi connectivity index (χ0v) is 16.2.